The molecule has 2 aliphatic heterocycles. The van der Waals surface area contributed by atoms with Crippen LogP contribution in [-0.2, 0) is 10.5 Å². The number of rotatable bonds is 3. The SMILES string of the molecule is Cc1cccc(C23OC2N(c2ccc(Br)cc2)C(=O)N3c2ccc(Br)cc2)c1. The van der Waals surface area contributed by atoms with Crippen molar-refractivity contribution >= 4 is 49.3 Å². The van der Waals surface area contributed by atoms with Gasteiger partial charge in [0.05, 0.1) is 0 Å². The summed E-state index contributed by atoms with van der Waals surface area (Å²) < 4.78 is 8.18. The van der Waals surface area contributed by atoms with E-state index in [0.29, 0.717) is 0 Å². The van der Waals surface area contributed by atoms with Crippen molar-refractivity contribution in [1.29, 1.82) is 0 Å². The lowest BCUT2D eigenvalue weighted by atomic mass is 10.0. The smallest absolute Gasteiger partial charge is 0.317 e. The topological polar surface area (TPSA) is 36.1 Å². The molecule has 0 aliphatic carbocycles. The number of nitrogens with zero attached hydrogens (tertiary/aromatic N) is 2. The summed E-state index contributed by atoms with van der Waals surface area (Å²) in [5, 5.41) is 0. The van der Waals surface area contributed by atoms with Crippen molar-refractivity contribution in [3.05, 3.63) is 92.9 Å². The first-order valence-electron chi connectivity index (χ1n) is 8.90. The summed E-state index contributed by atoms with van der Waals surface area (Å²) in [6.07, 6.45) is -0.369. The average molecular weight is 500 g/mol. The van der Waals surface area contributed by atoms with Gasteiger partial charge < -0.3 is 4.74 Å². The summed E-state index contributed by atoms with van der Waals surface area (Å²) in [4.78, 5) is 17.0. The molecule has 2 atom stereocenters. The zero-order chi connectivity index (χ0) is 19.5. The molecule has 140 valence electrons. The van der Waals surface area contributed by atoms with E-state index in [0.717, 1.165) is 31.4 Å². The van der Waals surface area contributed by atoms with Gasteiger partial charge in [0.15, 0.2) is 6.23 Å². The molecule has 4 nitrogen and oxygen atoms in total. The number of anilines is 2. The van der Waals surface area contributed by atoms with Gasteiger partial charge in [-0.3, -0.25) is 9.80 Å². The fourth-order valence-electron chi connectivity index (χ4n) is 3.82. The molecular weight excluding hydrogens is 484 g/mol. The van der Waals surface area contributed by atoms with Crippen LogP contribution in [0.5, 0.6) is 0 Å². The average Bonchev–Trinajstić information content (AvgIpc) is 3.35. The van der Waals surface area contributed by atoms with Crippen LogP contribution in [0, 0.1) is 6.92 Å². The Kier molecular flexibility index (Phi) is 4.12. The van der Waals surface area contributed by atoms with Gasteiger partial charge in [-0.25, -0.2) is 4.79 Å². The second kappa shape index (κ2) is 6.44. The number of ether oxygens (including phenoxy) is 1. The fourth-order valence-corrected chi connectivity index (χ4v) is 4.35. The molecule has 28 heavy (non-hydrogen) atoms. The number of urea groups is 1. The molecule has 0 saturated carbocycles. The molecule has 0 bridgehead atoms. The van der Waals surface area contributed by atoms with Gasteiger partial charge in [0.25, 0.3) is 0 Å². The van der Waals surface area contributed by atoms with Crippen LogP contribution < -0.4 is 9.80 Å². The minimum absolute atomic E-state index is 0.0950. The maximum absolute atomic E-state index is 13.5. The minimum atomic E-state index is -0.815. The van der Waals surface area contributed by atoms with Crippen molar-refractivity contribution in [2.24, 2.45) is 0 Å². The highest BCUT2D eigenvalue weighted by molar-refractivity contribution is 9.10. The number of amides is 2. The van der Waals surface area contributed by atoms with Crippen LogP contribution in [0.2, 0.25) is 0 Å². The molecule has 2 saturated heterocycles. The Hall–Kier alpha value is -2.15. The Morgan fingerprint density at radius 2 is 1.50 bits per heavy atom. The summed E-state index contributed by atoms with van der Waals surface area (Å²) in [6, 6.07) is 23.5. The summed E-state index contributed by atoms with van der Waals surface area (Å²) in [5.74, 6) is 0. The molecule has 0 spiro atoms. The molecular formula is C22H16Br2N2O2. The standard InChI is InChI=1S/C22H16Br2N2O2/c1-14-3-2-4-15(13-14)22-20(28-22)25(18-9-5-16(23)6-10-18)21(27)26(22)19-11-7-17(24)8-12-19/h2-13,20H,1H3. The van der Waals surface area contributed by atoms with Crippen LogP contribution in [0.25, 0.3) is 0 Å². The lowest BCUT2D eigenvalue weighted by molar-refractivity contribution is 0.224. The first-order valence-corrected chi connectivity index (χ1v) is 10.5. The highest BCUT2D eigenvalue weighted by Gasteiger charge is 2.74. The Labute approximate surface area is 180 Å². The highest BCUT2D eigenvalue weighted by Crippen LogP contribution is 2.58. The number of carbonyl (C=O) groups is 1. The van der Waals surface area contributed by atoms with Crippen molar-refractivity contribution in [3.63, 3.8) is 0 Å². The van der Waals surface area contributed by atoms with Crippen molar-refractivity contribution in [2.45, 2.75) is 18.9 Å². The Bertz CT molecular complexity index is 1070. The first kappa shape index (κ1) is 17.9. The Morgan fingerprint density at radius 1 is 0.893 bits per heavy atom. The summed E-state index contributed by atoms with van der Waals surface area (Å²) in [6.45, 7) is 2.05. The van der Waals surface area contributed by atoms with Gasteiger partial charge in [-0.15, -0.1) is 0 Å². The van der Waals surface area contributed by atoms with Crippen molar-refractivity contribution < 1.29 is 9.53 Å². The molecule has 2 fully saturated rings. The number of halogens is 2. The van der Waals surface area contributed by atoms with E-state index in [-0.39, 0.29) is 12.3 Å². The largest absolute Gasteiger partial charge is 0.334 e. The molecule has 3 aromatic rings. The van der Waals surface area contributed by atoms with Crippen LogP contribution in [0.1, 0.15) is 11.1 Å². The number of hydrogen-bond donors (Lipinski definition) is 0. The molecule has 2 unspecified atom stereocenters. The van der Waals surface area contributed by atoms with Gasteiger partial charge in [-0.1, -0.05) is 61.7 Å². The number of epoxide rings is 1. The highest BCUT2D eigenvalue weighted by atomic mass is 79.9. The number of hydrogen-bond acceptors (Lipinski definition) is 2. The number of benzene rings is 3. The summed E-state index contributed by atoms with van der Waals surface area (Å²) >= 11 is 6.92. The van der Waals surface area contributed by atoms with Gasteiger partial charge in [0.2, 0.25) is 5.72 Å². The Morgan fingerprint density at radius 3 is 2.11 bits per heavy atom. The van der Waals surface area contributed by atoms with Gasteiger partial charge in [-0.2, -0.15) is 0 Å². The van der Waals surface area contributed by atoms with Crippen LogP contribution in [-0.4, -0.2) is 12.3 Å². The third kappa shape index (κ3) is 2.63. The quantitative estimate of drug-likeness (QED) is 0.403. The van der Waals surface area contributed by atoms with E-state index in [2.05, 4.69) is 37.9 Å². The number of carbonyl (C=O) groups excluding carboxylic acids is 1. The van der Waals surface area contributed by atoms with Crippen molar-refractivity contribution in [2.75, 3.05) is 9.80 Å². The molecule has 0 N–H and O–H groups in total. The summed E-state index contributed by atoms with van der Waals surface area (Å²) in [5.41, 5.74) is 2.91. The van der Waals surface area contributed by atoms with E-state index in [9.17, 15) is 4.79 Å². The predicted molar refractivity (Wildman–Crippen MR) is 116 cm³/mol. The molecule has 2 amide bonds. The second-order valence-corrected chi connectivity index (χ2v) is 8.81. The van der Waals surface area contributed by atoms with E-state index in [1.807, 2.05) is 73.7 Å². The normalized spacial score (nSPS) is 23.1. The number of aryl methyl sites for hydroxylation is 1. The molecule has 2 aliphatic rings. The van der Waals surface area contributed by atoms with Gasteiger partial charge in [-0.05, 0) is 55.5 Å². The third-order valence-electron chi connectivity index (χ3n) is 5.15. The zero-order valence-electron chi connectivity index (χ0n) is 15.0. The van der Waals surface area contributed by atoms with E-state index in [4.69, 9.17) is 4.74 Å². The Balaban J connectivity index is 1.65. The van der Waals surface area contributed by atoms with Gasteiger partial charge in [0.1, 0.15) is 0 Å². The molecule has 0 aromatic heterocycles. The maximum atomic E-state index is 13.5. The monoisotopic (exact) mass is 498 g/mol. The first-order chi connectivity index (χ1) is 13.5. The predicted octanol–water partition coefficient (Wildman–Crippen LogP) is 6.18. The van der Waals surface area contributed by atoms with Gasteiger partial charge in [0, 0.05) is 25.9 Å². The van der Waals surface area contributed by atoms with E-state index in [1.165, 1.54) is 0 Å². The van der Waals surface area contributed by atoms with Crippen molar-refractivity contribution in [3.8, 4) is 0 Å². The zero-order valence-corrected chi connectivity index (χ0v) is 18.1. The van der Waals surface area contributed by atoms with E-state index < -0.39 is 5.72 Å². The molecule has 2 heterocycles. The molecule has 3 aromatic carbocycles. The molecule has 0 radical (unpaired) electrons. The van der Waals surface area contributed by atoms with Crippen LogP contribution in [0.15, 0.2) is 81.7 Å². The number of fused-ring (bicyclic) bond motifs is 1. The van der Waals surface area contributed by atoms with Crippen LogP contribution in [0.3, 0.4) is 0 Å². The van der Waals surface area contributed by atoms with E-state index >= 15 is 0 Å². The van der Waals surface area contributed by atoms with Crippen LogP contribution in [0.4, 0.5) is 16.2 Å². The lowest BCUT2D eigenvalue weighted by Gasteiger charge is -2.27. The van der Waals surface area contributed by atoms with Crippen molar-refractivity contribution in [1.82, 2.24) is 0 Å². The minimum Gasteiger partial charge on any atom is -0.317 e. The van der Waals surface area contributed by atoms with Crippen LogP contribution >= 0.6 is 31.9 Å². The lowest BCUT2D eigenvalue weighted by Crippen LogP contribution is -2.40. The fraction of sp³-hybridized carbons (Fsp3) is 0.136. The maximum Gasteiger partial charge on any atom is 0.334 e. The third-order valence-corrected chi connectivity index (χ3v) is 6.21. The van der Waals surface area contributed by atoms with E-state index in [1.54, 1.807) is 9.80 Å². The second-order valence-electron chi connectivity index (χ2n) is 6.98. The molecule has 5 rings (SSSR count). The molecule has 6 heteroatoms. The summed E-state index contributed by atoms with van der Waals surface area (Å²) in [7, 11) is 0. The van der Waals surface area contributed by atoms with Gasteiger partial charge >= 0.3 is 6.03 Å².